The van der Waals surface area contributed by atoms with E-state index in [2.05, 4.69) is 11.6 Å². The van der Waals surface area contributed by atoms with Crippen LogP contribution in [0.2, 0.25) is 5.02 Å². The van der Waals surface area contributed by atoms with Gasteiger partial charge < -0.3 is 14.5 Å². The number of ether oxygens (including phenoxy) is 1. The molecule has 2 atom stereocenters. The first-order valence-electron chi connectivity index (χ1n) is 13.5. The van der Waals surface area contributed by atoms with Crippen LogP contribution >= 0.6 is 23.4 Å². The zero-order chi connectivity index (χ0) is 31.0. The van der Waals surface area contributed by atoms with Crippen LogP contribution in [0.3, 0.4) is 0 Å². The fraction of sp³-hybridized carbons (Fsp3) is 0.414. The number of hydrogen-bond acceptors (Lipinski definition) is 6. The monoisotopic (exact) mass is 640 g/mol. The minimum absolute atomic E-state index is 0.0255. The summed E-state index contributed by atoms with van der Waals surface area (Å²) in [5, 5.41) is -0.478. The predicted octanol–water partition coefficient (Wildman–Crippen LogP) is 5.75. The van der Waals surface area contributed by atoms with Crippen LogP contribution in [0.15, 0.2) is 40.5 Å². The highest BCUT2D eigenvalue weighted by Crippen LogP contribution is 2.51. The summed E-state index contributed by atoms with van der Waals surface area (Å²) in [6.45, 7) is 8.25. The Morgan fingerprint density at radius 1 is 1.16 bits per heavy atom. The average molecular weight is 641 g/mol. The topological polar surface area (TPSA) is 67.7 Å². The van der Waals surface area contributed by atoms with Crippen LogP contribution in [-0.4, -0.2) is 64.5 Å². The van der Waals surface area contributed by atoms with Crippen LogP contribution < -0.4 is 10.6 Å². The highest BCUT2D eigenvalue weighted by atomic mass is 35.5. The molecule has 0 saturated carbocycles. The third-order valence-electron chi connectivity index (χ3n) is 8.26. The molecule has 228 valence electrons. The van der Waals surface area contributed by atoms with E-state index in [9.17, 15) is 27.2 Å². The molecule has 43 heavy (non-hydrogen) atoms. The van der Waals surface area contributed by atoms with Gasteiger partial charge in [-0.1, -0.05) is 18.2 Å². The molecule has 0 bridgehead atoms. The van der Waals surface area contributed by atoms with Crippen LogP contribution in [0, 0.1) is 17.0 Å². The Kier molecular flexibility index (Phi) is 7.29. The quantitative estimate of drug-likeness (QED) is 0.207. The zero-order valence-electron chi connectivity index (χ0n) is 23.1. The lowest BCUT2D eigenvalue weighted by atomic mass is 9.88. The molecule has 14 heteroatoms. The van der Waals surface area contributed by atoms with E-state index in [0.717, 1.165) is 23.9 Å². The molecule has 1 spiro atoms. The molecule has 0 unspecified atom stereocenters. The number of anilines is 1. The van der Waals surface area contributed by atoms with E-state index in [0.29, 0.717) is 11.8 Å². The molecule has 2 saturated heterocycles. The number of alkyl halides is 3. The first-order chi connectivity index (χ1) is 20.2. The standard InChI is InChI=1S/C29H26ClF5N4O3S/c1-4-22(40)39-14(2)8-37(9-15(39)3)26-17-5-18(29(33,34)35)23(16-6-19(30)21(32)7-20(16)31)25-24(17)38(27(41)36-26)10-28(13-43-25)11-42-12-28/h4-7,14-15H,1,8-13H2,2-3H3/t14-,15+. The third-order valence-corrected chi connectivity index (χ3v) is 10.00. The van der Waals surface area contributed by atoms with Gasteiger partial charge in [-0.15, -0.1) is 11.8 Å². The molecule has 3 aliphatic rings. The number of nitrogens with zero attached hydrogens (tertiary/aromatic N) is 4. The van der Waals surface area contributed by atoms with E-state index in [1.54, 1.807) is 23.6 Å². The van der Waals surface area contributed by atoms with Gasteiger partial charge in [-0.2, -0.15) is 18.2 Å². The average Bonchev–Trinajstić information content (AvgIpc) is 3.10. The fourth-order valence-electron chi connectivity index (χ4n) is 6.33. The van der Waals surface area contributed by atoms with Gasteiger partial charge in [0.1, 0.15) is 17.5 Å². The molecular weight excluding hydrogens is 615 g/mol. The minimum Gasteiger partial charge on any atom is -0.380 e. The third kappa shape index (κ3) is 4.89. The molecule has 0 N–H and O–H groups in total. The van der Waals surface area contributed by atoms with Crippen molar-refractivity contribution in [3.63, 3.8) is 0 Å². The van der Waals surface area contributed by atoms with Crippen molar-refractivity contribution in [2.24, 2.45) is 5.41 Å². The van der Waals surface area contributed by atoms with Crippen molar-refractivity contribution in [1.29, 1.82) is 0 Å². The van der Waals surface area contributed by atoms with Crippen LogP contribution in [0.4, 0.5) is 27.8 Å². The summed E-state index contributed by atoms with van der Waals surface area (Å²) < 4.78 is 80.8. The largest absolute Gasteiger partial charge is 0.417 e. The fourth-order valence-corrected chi connectivity index (χ4v) is 7.93. The summed E-state index contributed by atoms with van der Waals surface area (Å²) in [5.74, 6) is -2.28. The van der Waals surface area contributed by atoms with Crippen molar-refractivity contribution in [1.82, 2.24) is 14.5 Å². The lowest BCUT2D eigenvalue weighted by molar-refractivity contribution is -0.137. The van der Waals surface area contributed by atoms with E-state index in [1.807, 2.05) is 0 Å². The zero-order valence-corrected chi connectivity index (χ0v) is 24.7. The number of thioether (sulfide) groups is 1. The molecule has 1 amide bonds. The summed E-state index contributed by atoms with van der Waals surface area (Å²) in [6, 6.07) is 1.44. The molecule has 3 aromatic rings. The van der Waals surface area contributed by atoms with Gasteiger partial charge >= 0.3 is 11.9 Å². The van der Waals surface area contributed by atoms with Gasteiger partial charge in [0.15, 0.2) is 0 Å². The highest BCUT2D eigenvalue weighted by Gasteiger charge is 2.45. The molecule has 0 aliphatic carbocycles. The maximum Gasteiger partial charge on any atom is 0.417 e. The number of rotatable bonds is 3. The second kappa shape index (κ2) is 10.5. The van der Waals surface area contributed by atoms with E-state index < -0.39 is 50.6 Å². The predicted molar refractivity (Wildman–Crippen MR) is 154 cm³/mol. The van der Waals surface area contributed by atoms with Crippen molar-refractivity contribution in [3.8, 4) is 11.1 Å². The Morgan fingerprint density at radius 2 is 1.84 bits per heavy atom. The number of hydrogen-bond donors (Lipinski definition) is 0. The molecule has 1 aromatic heterocycles. The van der Waals surface area contributed by atoms with Crippen molar-refractivity contribution < 1.29 is 31.5 Å². The second-order valence-electron chi connectivity index (χ2n) is 11.4. The SMILES string of the molecule is C=CC(=O)N1[C@H](C)CN(c2nc(=O)n3c4c(c(-c5cc(Cl)c(F)cc5F)c(C(F)(F)F)cc24)SCC2(COC2)C3)C[C@@H]1C. The van der Waals surface area contributed by atoms with E-state index in [4.69, 9.17) is 16.3 Å². The van der Waals surface area contributed by atoms with Crippen molar-refractivity contribution >= 4 is 46.0 Å². The molecule has 4 heterocycles. The number of piperazine rings is 1. The Hall–Kier alpha value is -3.16. The number of amides is 1. The molecule has 6 rings (SSSR count). The molecule has 7 nitrogen and oxygen atoms in total. The van der Waals surface area contributed by atoms with Gasteiger partial charge in [0, 0.05) is 70.4 Å². The Bertz CT molecular complexity index is 1730. The maximum atomic E-state index is 15.3. The smallest absolute Gasteiger partial charge is 0.380 e. The lowest BCUT2D eigenvalue weighted by Crippen LogP contribution is -2.58. The van der Waals surface area contributed by atoms with Crippen molar-refractivity contribution in [3.05, 3.63) is 63.6 Å². The van der Waals surface area contributed by atoms with Gasteiger partial charge in [-0.3, -0.25) is 9.36 Å². The van der Waals surface area contributed by atoms with Gasteiger partial charge in [0.25, 0.3) is 0 Å². The Balaban J connectivity index is 1.66. The summed E-state index contributed by atoms with van der Waals surface area (Å²) in [6.07, 6.45) is -3.76. The molecular formula is C29H26ClF5N4O3S. The minimum atomic E-state index is -4.97. The van der Waals surface area contributed by atoms with Crippen molar-refractivity contribution in [2.75, 3.05) is 37.0 Å². The normalized spacial score (nSPS) is 21.6. The summed E-state index contributed by atoms with van der Waals surface area (Å²) >= 11 is 7.02. The van der Waals surface area contributed by atoms with Gasteiger partial charge in [-0.25, -0.2) is 13.6 Å². The van der Waals surface area contributed by atoms with E-state index in [-0.39, 0.29) is 72.5 Å². The second-order valence-corrected chi connectivity index (χ2v) is 12.8. The van der Waals surface area contributed by atoms with Crippen LogP contribution in [0.25, 0.3) is 22.0 Å². The molecule has 3 aliphatic heterocycles. The first-order valence-corrected chi connectivity index (χ1v) is 14.8. The molecule has 2 fully saturated rings. The summed E-state index contributed by atoms with van der Waals surface area (Å²) in [4.78, 5) is 33.9. The molecule has 2 aromatic carbocycles. The van der Waals surface area contributed by atoms with Crippen LogP contribution in [0.1, 0.15) is 19.4 Å². The summed E-state index contributed by atoms with van der Waals surface area (Å²) in [5.41, 5.74) is -3.25. The number of halogens is 6. The lowest BCUT2D eigenvalue weighted by Gasteiger charge is -2.44. The first kappa shape index (κ1) is 29.9. The number of carbonyl (C=O) groups excluding carboxylic acids is 1. The van der Waals surface area contributed by atoms with E-state index >= 15 is 4.39 Å². The molecule has 0 radical (unpaired) electrons. The van der Waals surface area contributed by atoms with E-state index in [1.165, 1.54) is 10.6 Å². The van der Waals surface area contributed by atoms with Gasteiger partial charge in [-0.05, 0) is 32.1 Å². The van der Waals surface area contributed by atoms with Crippen LogP contribution in [0.5, 0.6) is 0 Å². The number of benzene rings is 2. The number of aromatic nitrogens is 2. The highest BCUT2D eigenvalue weighted by molar-refractivity contribution is 7.99. The Morgan fingerprint density at radius 3 is 2.42 bits per heavy atom. The number of carbonyl (C=O) groups is 1. The van der Waals surface area contributed by atoms with Crippen molar-refractivity contribution in [2.45, 2.75) is 43.5 Å². The summed E-state index contributed by atoms with van der Waals surface area (Å²) in [7, 11) is 0. The van der Waals surface area contributed by atoms with Gasteiger partial charge in [0.05, 0.1) is 29.3 Å². The maximum absolute atomic E-state index is 15.3. The Labute approximate surface area is 252 Å². The van der Waals surface area contributed by atoms with Crippen LogP contribution in [-0.2, 0) is 22.3 Å². The van der Waals surface area contributed by atoms with Gasteiger partial charge in [0.2, 0.25) is 5.91 Å².